The Morgan fingerprint density at radius 2 is 1.90 bits per heavy atom. The highest BCUT2D eigenvalue weighted by atomic mass is 127. The number of aliphatic imine (C=N–C) groups is 1. The molecule has 2 aliphatic rings. The number of likely N-dealkylation sites (tertiary alicyclic amines) is 1. The number of piperidine rings is 1. The van der Waals surface area contributed by atoms with Gasteiger partial charge in [-0.05, 0) is 39.8 Å². The molecule has 2 heterocycles. The van der Waals surface area contributed by atoms with Crippen molar-refractivity contribution in [3.63, 3.8) is 0 Å². The molecule has 0 bridgehead atoms. The van der Waals surface area contributed by atoms with E-state index >= 15 is 0 Å². The van der Waals surface area contributed by atoms with Crippen LogP contribution >= 0.6 is 24.0 Å². The summed E-state index contributed by atoms with van der Waals surface area (Å²) in [7, 11) is 8.04. The average molecular weight is 518 g/mol. The lowest BCUT2D eigenvalue weighted by Crippen LogP contribution is -2.51. The highest BCUT2D eigenvalue weighted by molar-refractivity contribution is 14.0. The summed E-state index contributed by atoms with van der Waals surface area (Å²) in [6, 6.07) is 1.62. The smallest absolute Gasteiger partial charge is 0.191 e. The summed E-state index contributed by atoms with van der Waals surface area (Å²) in [4.78, 5) is 9.42. The van der Waals surface area contributed by atoms with Crippen molar-refractivity contribution in [2.24, 2.45) is 12.0 Å². The van der Waals surface area contributed by atoms with Crippen LogP contribution in [0.2, 0.25) is 0 Å². The van der Waals surface area contributed by atoms with Gasteiger partial charge in [0.05, 0.1) is 12.2 Å². The third-order valence-electron chi connectivity index (χ3n) is 6.38. The number of nitrogens with one attached hydrogen (secondary N) is 2. The Morgan fingerprint density at radius 1 is 1.21 bits per heavy atom. The highest BCUT2D eigenvalue weighted by Gasteiger charge is 2.26. The van der Waals surface area contributed by atoms with E-state index in [1.807, 2.05) is 25.0 Å². The van der Waals surface area contributed by atoms with Crippen molar-refractivity contribution in [2.75, 3.05) is 40.8 Å². The van der Waals surface area contributed by atoms with Crippen LogP contribution < -0.4 is 10.6 Å². The number of likely N-dealkylation sites (N-methyl/N-ethyl adjacent to an activating group) is 1. The van der Waals surface area contributed by atoms with E-state index < -0.39 is 0 Å². The zero-order chi connectivity index (χ0) is 19.9. The first-order valence-electron chi connectivity index (χ1n) is 10.9. The number of halogens is 1. The average Bonchev–Trinajstić information content (AvgIpc) is 3.14. The van der Waals surface area contributed by atoms with E-state index in [0.29, 0.717) is 6.04 Å². The van der Waals surface area contributed by atoms with E-state index in [2.05, 4.69) is 50.8 Å². The van der Waals surface area contributed by atoms with Gasteiger partial charge in [-0.2, -0.15) is 5.10 Å². The number of hydrogen-bond donors (Lipinski definition) is 2. The fraction of sp³-hybridized carbons (Fsp3) is 0.810. The highest BCUT2D eigenvalue weighted by Crippen LogP contribution is 2.25. The number of guanidine groups is 1. The van der Waals surface area contributed by atoms with Gasteiger partial charge in [0.25, 0.3) is 0 Å². The lowest BCUT2D eigenvalue weighted by molar-refractivity contribution is 0.119. The molecule has 7 nitrogen and oxygen atoms in total. The molecule has 1 saturated carbocycles. The molecule has 2 N–H and O–H groups in total. The molecule has 1 saturated heterocycles. The summed E-state index contributed by atoms with van der Waals surface area (Å²) in [6.07, 6.45) is 13.5. The number of nitrogens with zero attached hydrogens (tertiary/aromatic N) is 5. The normalized spacial score (nSPS) is 21.1. The SMILES string of the molecule is CN=C(NCC(c1cnn(C)c1)N(C)C)NC1CCN(C2CCCCC2)CC1.I. The Labute approximate surface area is 193 Å². The minimum Gasteiger partial charge on any atom is -0.354 e. The second-order valence-corrected chi connectivity index (χ2v) is 8.63. The van der Waals surface area contributed by atoms with Gasteiger partial charge in [0.2, 0.25) is 0 Å². The molecule has 8 heteroatoms. The van der Waals surface area contributed by atoms with Crippen LogP contribution in [0.1, 0.15) is 56.6 Å². The summed E-state index contributed by atoms with van der Waals surface area (Å²) in [5.41, 5.74) is 1.22. The molecule has 166 valence electrons. The topological polar surface area (TPSA) is 60.7 Å². The predicted molar refractivity (Wildman–Crippen MR) is 131 cm³/mol. The van der Waals surface area contributed by atoms with Crippen molar-refractivity contribution in [3.8, 4) is 0 Å². The molecule has 1 atom stereocenters. The first-order valence-corrected chi connectivity index (χ1v) is 10.9. The molecule has 3 rings (SSSR count). The monoisotopic (exact) mass is 517 g/mol. The van der Waals surface area contributed by atoms with Gasteiger partial charge in [-0.25, -0.2) is 0 Å². The van der Waals surface area contributed by atoms with Gasteiger partial charge in [-0.15, -0.1) is 24.0 Å². The first-order chi connectivity index (χ1) is 13.6. The molecule has 0 radical (unpaired) electrons. The lowest BCUT2D eigenvalue weighted by atomic mass is 9.92. The van der Waals surface area contributed by atoms with E-state index in [1.165, 1.54) is 63.6 Å². The van der Waals surface area contributed by atoms with Crippen LogP contribution in [0.5, 0.6) is 0 Å². The zero-order valence-corrected chi connectivity index (χ0v) is 20.9. The van der Waals surface area contributed by atoms with Gasteiger partial charge < -0.3 is 20.4 Å². The second kappa shape index (κ2) is 12.1. The number of aromatic nitrogens is 2. The van der Waals surface area contributed by atoms with Crippen LogP contribution in [0.4, 0.5) is 0 Å². The summed E-state index contributed by atoms with van der Waals surface area (Å²) >= 11 is 0. The Morgan fingerprint density at radius 3 is 2.45 bits per heavy atom. The number of hydrogen-bond acceptors (Lipinski definition) is 4. The minimum atomic E-state index is 0. The van der Waals surface area contributed by atoms with Crippen molar-refractivity contribution >= 4 is 29.9 Å². The summed E-state index contributed by atoms with van der Waals surface area (Å²) < 4.78 is 1.86. The Kier molecular flexibility index (Phi) is 10.2. The third kappa shape index (κ3) is 7.10. The molecule has 1 aromatic heterocycles. The Hall–Kier alpha value is -0.870. The van der Waals surface area contributed by atoms with Crippen molar-refractivity contribution in [1.82, 2.24) is 30.2 Å². The fourth-order valence-corrected chi connectivity index (χ4v) is 4.65. The molecule has 0 spiro atoms. The number of rotatable bonds is 6. The maximum atomic E-state index is 4.46. The van der Waals surface area contributed by atoms with Crippen LogP contribution in [-0.4, -0.2) is 78.4 Å². The molecule has 0 aromatic carbocycles. The maximum Gasteiger partial charge on any atom is 0.191 e. The van der Waals surface area contributed by atoms with Gasteiger partial charge in [0, 0.05) is 57.6 Å². The Balaban J connectivity index is 0.00000300. The molecular weight excluding hydrogens is 477 g/mol. The molecular formula is C21H40IN7. The quantitative estimate of drug-likeness (QED) is 0.345. The largest absolute Gasteiger partial charge is 0.354 e. The molecule has 1 aromatic rings. The fourth-order valence-electron chi connectivity index (χ4n) is 4.65. The van der Waals surface area contributed by atoms with Gasteiger partial charge in [0.15, 0.2) is 5.96 Å². The minimum absolute atomic E-state index is 0. The summed E-state index contributed by atoms with van der Waals surface area (Å²) in [5, 5.41) is 11.5. The van der Waals surface area contributed by atoms with Crippen molar-refractivity contribution < 1.29 is 0 Å². The van der Waals surface area contributed by atoms with Gasteiger partial charge in [-0.3, -0.25) is 9.67 Å². The van der Waals surface area contributed by atoms with Crippen LogP contribution in [0.3, 0.4) is 0 Å². The molecule has 2 fully saturated rings. The molecule has 0 amide bonds. The van der Waals surface area contributed by atoms with Crippen molar-refractivity contribution in [2.45, 2.75) is 63.1 Å². The van der Waals surface area contributed by atoms with Gasteiger partial charge in [0.1, 0.15) is 0 Å². The Bertz CT molecular complexity index is 616. The van der Waals surface area contributed by atoms with Crippen LogP contribution in [-0.2, 0) is 7.05 Å². The molecule has 1 unspecified atom stereocenters. The van der Waals surface area contributed by atoms with Crippen LogP contribution in [0, 0.1) is 0 Å². The molecule has 29 heavy (non-hydrogen) atoms. The second-order valence-electron chi connectivity index (χ2n) is 8.63. The third-order valence-corrected chi connectivity index (χ3v) is 6.38. The maximum absolute atomic E-state index is 4.46. The van der Waals surface area contributed by atoms with Crippen molar-refractivity contribution in [1.29, 1.82) is 0 Å². The lowest BCUT2D eigenvalue weighted by Gasteiger charge is -2.39. The summed E-state index contributed by atoms with van der Waals surface area (Å²) in [5.74, 6) is 0.909. The predicted octanol–water partition coefficient (Wildman–Crippen LogP) is 2.60. The van der Waals surface area contributed by atoms with E-state index in [9.17, 15) is 0 Å². The van der Waals surface area contributed by atoms with E-state index in [0.717, 1.165) is 18.5 Å². The van der Waals surface area contributed by atoms with Crippen LogP contribution in [0.25, 0.3) is 0 Å². The van der Waals surface area contributed by atoms with Crippen LogP contribution in [0.15, 0.2) is 17.4 Å². The molecule has 1 aliphatic heterocycles. The van der Waals surface area contributed by atoms with E-state index in [4.69, 9.17) is 0 Å². The van der Waals surface area contributed by atoms with Gasteiger partial charge in [-0.1, -0.05) is 19.3 Å². The van der Waals surface area contributed by atoms with E-state index in [1.54, 1.807) is 0 Å². The molecule has 1 aliphatic carbocycles. The zero-order valence-electron chi connectivity index (χ0n) is 18.6. The number of aryl methyl sites for hydroxylation is 1. The standard InChI is InChI=1S/C21H39N7.HI/c1-22-21(23-15-20(26(2)3)17-14-24-27(4)16-17)25-18-10-12-28(13-11-18)19-8-6-5-7-9-19;/h14,16,18-20H,5-13,15H2,1-4H3,(H2,22,23,25);1H. The van der Waals surface area contributed by atoms with Crippen molar-refractivity contribution in [3.05, 3.63) is 18.0 Å². The first kappa shape index (κ1) is 24.4. The van der Waals surface area contributed by atoms with Gasteiger partial charge >= 0.3 is 0 Å². The van der Waals surface area contributed by atoms with E-state index in [-0.39, 0.29) is 30.0 Å². The summed E-state index contributed by atoms with van der Waals surface area (Å²) in [6.45, 7) is 3.24.